The summed E-state index contributed by atoms with van der Waals surface area (Å²) in [7, 11) is -2.13. The fourth-order valence-corrected chi connectivity index (χ4v) is 3.40. The van der Waals surface area contributed by atoms with E-state index < -0.39 is 8.56 Å². The number of hydrogen-bond acceptors (Lipinski definition) is 2. The Morgan fingerprint density at radius 1 is 1.05 bits per heavy atom. The Hall–Kier alpha value is -0.123. The molecule has 0 aliphatic rings. The molecule has 0 aliphatic carbocycles. The Kier molecular flexibility index (Phi) is 11.6. The number of unbranched alkanes of at least 4 members (excludes halogenated alkanes) is 3. The molecule has 19 heavy (non-hydrogen) atoms. The van der Waals surface area contributed by atoms with E-state index in [2.05, 4.69) is 33.9 Å². The predicted octanol–water partition coefficient (Wildman–Crippen LogP) is 5.22. The minimum atomic E-state index is -2.13. The zero-order valence-electron chi connectivity index (χ0n) is 13.5. The fourth-order valence-electron chi connectivity index (χ4n) is 1.97. The average Bonchev–Trinajstić information content (AvgIpc) is 2.44. The van der Waals surface area contributed by atoms with Gasteiger partial charge in [0.15, 0.2) is 0 Å². The molecular formula is C16H34O2Si. The minimum Gasteiger partial charge on any atom is -0.391 e. The summed E-state index contributed by atoms with van der Waals surface area (Å²) >= 11 is 0. The van der Waals surface area contributed by atoms with Crippen molar-refractivity contribution in [3.8, 4) is 0 Å². The van der Waals surface area contributed by atoms with Crippen LogP contribution in [0.2, 0.25) is 6.55 Å². The zero-order chi connectivity index (χ0) is 14.6. The van der Waals surface area contributed by atoms with E-state index in [-0.39, 0.29) is 0 Å². The normalized spacial score (nSPS) is 16.0. The fraction of sp³-hybridized carbons (Fsp3) is 0.875. The van der Waals surface area contributed by atoms with Crippen LogP contribution in [-0.4, -0.2) is 21.8 Å². The Bertz CT molecular complexity index is 221. The molecule has 0 heterocycles. The third-order valence-corrected chi connectivity index (χ3v) is 5.92. The van der Waals surface area contributed by atoms with Crippen molar-refractivity contribution < 1.29 is 8.85 Å². The highest BCUT2D eigenvalue weighted by atomic mass is 28.4. The third-order valence-electron chi connectivity index (χ3n) is 3.66. The summed E-state index contributed by atoms with van der Waals surface area (Å²) in [4.78, 5) is 0. The molecule has 0 rings (SSSR count). The Morgan fingerprint density at radius 3 is 2.26 bits per heavy atom. The first kappa shape index (κ1) is 18.9. The van der Waals surface area contributed by atoms with Gasteiger partial charge in [-0.1, -0.05) is 52.9 Å². The molecule has 0 aromatic rings. The monoisotopic (exact) mass is 286 g/mol. The lowest BCUT2D eigenvalue weighted by molar-refractivity contribution is 0.150. The lowest BCUT2D eigenvalue weighted by atomic mass is 10.0. The van der Waals surface area contributed by atoms with Gasteiger partial charge in [-0.05, 0) is 31.0 Å². The summed E-state index contributed by atoms with van der Waals surface area (Å²) in [6.07, 6.45) is 8.61. The first-order chi connectivity index (χ1) is 9.11. The quantitative estimate of drug-likeness (QED) is 0.341. The third kappa shape index (κ3) is 9.42. The van der Waals surface area contributed by atoms with Crippen molar-refractivity contribution in [3.05, 3.63) is 12.3 Å². The summed E-state index contributed by atoms with van der Waals surface area (Å²) in [6.45, 7) is 14.4. The molecule has 0 spiro atoms. The lowest BCUT2D eigenvalue weighted by Gasteiger charge is -2.26. The molecule has 0 aliphatic heterocycles. The van der Waals surface area contributed by atoms with Crippen molar-refractivity contribution in [1.82, 2.24) is 0 Å². The van der Waals surface area contributed by atoms with E-state index in [4.69, 9.17) is 8.85 Å². The molecule has 0 N–H and O–H groups in total. The van der Waals surface area contributed by atoms with E-state index in [1.54, 1.807) is 0 Å². The molecule has 2 atom stereocenters. The highest BCUT2D eigenvalue weighted by Crippen LogP contribution is 2.17. The van der Waals surface area contributed by atoms with E-state index >= 15 is 0 Å². The highest BCUT2D eigenvalue weighted by molar-refractivity contribution is 6.71. The smallest absolute Gasteiger partial charge is 0.361 e. The SMILES string of the molecule is C=C[Si](C)(OCCCCC)OCC(CC)CCCC. The summed E-state index contributed by atoms with van der Waals surface area (Å²) in [6, 6.07) is 0. The van der Waals surface area contributed by atoms with Crippen molar-refractivity contribution in [3.63, 3.8) is 0 Å². The van der Waals surface area contributed by atoms with Crippen LogP contribution < -0.4 is 0 Å². The van der Waals surface area contributed by atoms with Gasteiger partial charge < -0.3 is 8.85 Å². The van der Waals surface area contributed by atoms with E-state index in [1.807, 2.05) is 5.70 Å². The molecule has 0 bridgehead atoms. The molecule has 2 unspecified atom stereocenters. The second-order valence-electron chi connectivity index (χ2n) is 5.50. The van der Waals surface area contributed by atoms with Crippen LogP contribution in [0.5, 0.6) is 0 Å². The van der Waals surface area contributed by atoms with Gasteiger partial charge in [-0.15, -0.1) is 6.58 Å². The van der Waals surface area contributed by atoms with Gasteiger partial charge in [-0.3, -0.25) is 0 Å². The standard InChI is InChI=1S/C16H34O2Si/c1-6-10-12-14-17-19(5,9-4)18-15-16(8-3)13-11-7-2/h9,16H,4,6-8,10-15H2,1-3,5H3. The molecule has 0 aromatic carbocycles. The molecule has 0 radical (unpaired) electrons. The van der Waals surface area contributed by atoms with E-state index in [0.717, 1.165) is 19.6 Å². The number of hydrogen-bond donors (Lipinski definition) is 0. The molecule has 0 aromatic heterocycles. The van der Waals surface area contributed by atoms with Gasteiger partial charge in [0.2, 0.25) is 0 Å². The van der Waals surface area contributed by atoms with Crippen molar-refractivity contribution in [2.24, 2.45) is 5.92 Å². The maximum atomic E-state index is 6.11. The van der Waals surface area contributed by atoms with Crippen LogP contribution in [-0.2, 0) is 8.85 Å². The van der Waals surface area contributed by atoms with E-state index in [1.165, 1.54) is 38.5 Å². The van der Waals surface area contributed by atoms with Crippen LogP contribution in [0.25, 0.3) is 0 Å². The molecular weight excluding hydrogens is 252 g/mol. The second-order valence-corrected chi connectivity index (χ2v) is 8.52. The van der Waals surface area contributed by atoms with Crippen molar-refractivity contribution in [1.29, 1.82) is 0 Å². The van der Waals surface area contributed by atoms with E-state index in [9.17, 15) is 0 Å². The first-order valence-corrected chi connectivity index (χ1v) is 10.4. The largest absolute Gasteiger partial charge is 0.391 e. The van der Waals surface area contributed by atoms with Gasteiger partial charge in [-0.25, -0.2) is 0 Å². The zero-order valence-corrected chi connectivity index (χ0v) is 14.5. The Morgan fingerprint density at radius 2 is 1.74 bits per heavy atom. The van der Waals surface area contributed by atoms with Gasteiger partial charge in [0.25, 0.3) is 0 Å². The minimum absolute atomic E-state index is 0.672. The predicted molar refractivity (Wildman–Crippen MR) is 86.6 cm³/mol. The van der Waals surface area contributed by atoms with Gasteiger partial charge in [0.1, 0.15) is 0 Å². The van der Waals surface area contributed by atoms with Crippen LogP contribution in [0.15, 0.2) is 12.3 Å². The van der Waals surface area contributed by atoms with Crippen LogP contribution in [0.1, 0.15) is 65.7 Å². The van der Waals surface area contributed by atoms with Crippen LogP contribution in [0, 0.1) is 5.92 Å². The summed E-state index contributed by atoms with van der Waals surface area (Å²) < 4.78 is 12.1. The molecule has 114 valence electrons. The summed E-state index contributed by atoms with van der Waals surface area (Å²) in [5.41, 5.74) is 1.92. The molecule has 0 saturated heterocycles. The van der Waals surface area contributed by atoms with Gasteiger partial charge >= 0.3 is 8.56 Å². The van der Waals surface area contributed by atoms with Gasteiger partial charge in [0.05, 0.1) is 0 Å². The number of rotatable bonds is 13. The van der Waals surface area contributed by atoms with Gasteiger partial charge in [-0.2, -0.15) is 0 Å². The molecule has 2 nitrogen and oxygen atoms in total. The maximum Gasteiger partial charge on any atom is 0.361 e. The van der Waals surface area contributed by atoms with E-state index in [0.29, 0.717) is 5.92 Å². The van der Waals surface area contributed by atoms with Crippen molar-refractivity contribution in [2.75, 3.05) is 13.2 Å². The second kappa shape index (κ2) is 11.7. The van der Waals surface area contributed by atoms with Gasteiger partial charge in [0, 0.05) is 13.2 Å². The Labute approximate surface area is 121 Å². The summed E-state index contributed by atoms with van der Waals surface area (Å²) in [5, 5.41) is 0. The highest BCUT2D eigenvalue weighted by Gasteiger charge is 2.28. The van der Waals surface area contributed by atoms with Crippen molar-refractivity contribution in [2.45, 2.75) is 72.3 Å². The van der Waals surface area contributed by atoms with Crippen LogP contribution in [0.4, 0.5) is 0 Å². The topological polar surface area (TPSA) is 18.5 Å². The Balaban J connectivity index is 4.02. The molecule has 0 saturated carbocycles. The average molecular weight is 287 g/mol. The van der Waals surface area contributed by atoms with Crippen LogP contribution in [0.3, 0.4) is 0 Å². The molecule has 3 heteroatoms. The van der Waals surface area contributed by atoms with Crippen LogP contribution >= 0.6 is 0 Å². The van der Waals surface area contributed by atoms with Crippen molar-refractivity contribution >= 4 is 8.56 Å². The summed E-state index contributed by atoms with van der Waals surface area (Å²) in [5.74, 6) is 0.672. The molecule has 0 fully saturated rings. The molecule has 0 amide bonds. The lowest BCUT2D eigenvalue weighted by Crippen LogP contribution is -2.38. The maximum absolute atomic E-state index is 6.11. The first-order valence-electron chi connectivity index (χ1n) is 8.03.